The van der Waals surface area contributed by atoms with E-state index in [0.29, 0.717) is 5.56 Å². The number of nitrogens with one attached hydrogen (secondary N) is 1. The number of nitro benzene ring substituents is 1. The lowest BCUT2D eigenvalue weighted by Gasteiger charge is -2.10. The monoisotopic (exact) mass is 370 g/mol. The van der Waals surface area contributed by atoms with E-state index in [2.05, 4.69) is 20.7 Å². The number of non-ortho nitro benzene ring substituents is 1. The van der Waals surface area contributed by atoms with Gasteiger partial charge in [-0.15, -0.1) is 0 Å². The number of anilines is 1. The van der Waals surface area contributed by atoms with Crippen LogP contribution in [-0.4, -0.2) is 13.3 Å². The largest absolute Gasteiger partial charge is 0.279 e. The maximum absolute atomic E-state index is 12.2. The second-order valence-corrected chi connectivity index (χ2v) is 6.91. The predicted molar refractivity (Wildman–Crippen MR) is 82.8 cm³/mol. The summed E-state index contributed by atoms with van der Waals surface area (Å²) in [6, 6.07) is 10.1. The summed E-state index contributed by atoms with van der Waals surface area (Å²) in [7, 11) is -3.79. The SMILES string of the molecule is Cc1ccc([N+](=O)[O-])cc1NS(=O)(=O)c1ccc(Br)cc1. The molecular weight excluding hydrogens is 360 g/mol. The van der Waals surface area contributed by atoms with Crippen molar-refractivity contribution in [2.75, 3.05) is 4.72 Å². The smallest absolute Gasteiger partial charge is 0.271 e. The van der Waals surface area contributed by atoms with Gasteiger partial charge in [0.15, 0.2) is 0 Å². The van der Waals surface area contributed by atoms with E-state index in [-0.39, 0.29) is 16.3 Å². The Balaban J connectivity index is 2.38. The van der Waals surface area contributed by atoms with Crippen molar-refractivity contribution in [2.45, 2.75) is 11.8 Å². The second-order valence-electron chi connectivity index (χ2n) is 4.32. The van der Waals surface area contributed by atoms with Gasteiger partial charge in [0.05, 0.1) is 15.5 Å². The van der Waals surface area contributed by atoms with E-state index < -0.39 is 14.9 Å². The maximum atomic E-state index is 12.2. The summed E-state index contributed by atoms with van der Waals surface area (Å²) in [5.74, 6) is 0. The molecule has 110 valence electrons. The first-order valence-electron chi connectivity index (χ1n) is 5.83. The third-order valence-corrected chi connectivity index (χ3v) is 4.71. The highest BCUT2D eigenvalue weighted by Gasteiger charge is 2.17. The standard InChI is InChI=1S/C13H11BrN2O4S/c1-9-2-5-11(16(17)18)8-13(9)15-21(19,20)12-6-3-10(14)4-7-12/h2-8,15H,1H3. The van der Waals surface area contributed by atoms with Crippen LogP contribution < -0.4 is 4.72 Å². The Kier molecular flexibility index (Phi) is 4.29. The molecule has 0 saturated heterocycles. The number of benzene rings is 2. The summed E-state index contributed by atoms with van der Waals surface area (Å²) in [4.78, 5) is 10.3. The van der Waals surface area contributed by atoms with Crippen molar-refractivity contribution in [2.24, 2.45) is 0 Å². The van der Waals surface area contributed by atoms with Gasteiger partial charge in [0.1, 0.15) is 0 Å². The molecule has 0 spiro atoms. The molecule has 21 heavy (non-hydrogen) atoms. The van der Waals surface area contributed by atoms with Gasteiger partial charge in [0, 0.05) is 16.6 Å². The molecule has 0 bridgehead atoms. The number of nitro groups is 1. The van der Waals surface area contributed by atoms with Crippen LogP contribution in [-0.2, 0) is 10.0 Å². The molecule has 8 heteroatoms. The average Bonchev–Trinajstić information content (AvgIpc) is 2.41. The molecule has 0 aromatic heterocycles. The van der Waals surface area contributed by atoms with Gasteiger partial charge in [-0.2, -0.15) is 0 Å². The van der Waals surface area contributed by atoms with Crippen LogP contribution in [0.4, 0.5) is 11.4 Å². The maximum Gasteiger partial charge on any atom is 0.271 e. The molecule has 0 unspecified atom stereocenters. The lowest BCUT2D eigenvalue weighted by Crippen LogP contribution is -2.13. The minimum Gasteiger partial charge on any atom is -0.279 e. The quantitative estimate of drug-likeness (QED) is 0.658. The molecular formula is C13H11BrN2O4S. The van der Waals surface area contributed by atoms with E-state index in [1.165, 1.54) is 30.3 Å². The van der Waals surface area contributed by atoms with Crippen LogP contribution in [0.2, 0.25) is 0 Å². The van der Waals surface area contributed by atoms with Gasteiger partial charge >= 0.3 is 0 Å². The first-order valence-corrected chi connectivity index (χ1v) is 8.10. The molecule has 0 amide bonds. The Morgan fingerprint density at radius 2 is 1.76 bits per heavy atom. The van der Waals surface area contributed by atoms with Crippen molar-refractivity contribution >= 4 is 37.3 Å². The van der Waals surface area contributed by atoms with Crippen molar-refractivity contribution in [3.8, 4) is 0 Å². The summed E-state index contributed by atoms with van der Waals surface area (Å²) in [5, 5.41) is 10.8. The number of rotatable bonds is 4. The molecule has 0 aliphatic heterocycles. The van der Waals surface area contributed by atoms with E-state index in [0.717, 1.165) is 4.47 Å². The molecule has 2 rings (SSSR count). The summed E-state index contributed by atoms with van der Waals surface area (Å²) in [6.07, 6.45) is 0. The van der Waals surface area contributed by atoms with Crippen LogP contribution >= 0.6 is 15.9 Å². The zero-order chi connectivity index (χ0) is 15.6. The molecule has 0 aliphatic rings. The van der Waals surface area contributed by atoms with Gasteiger partial charge in [-0.25, -0.2) is 8.42 Å². The summed E-state index contributed by atoms with van der Waals surface area (Å²) >= 11 is 3.23. The minimum absolute atomic E-state index is 0.0802. The van der Waals surface area contributed by atoms with Gasteiger partial charge in [-0.3, -0.25) is 14.8 Å². The zero-order valence-electron chi connectivity index (χ0n) is 10.9. The van der Waals surface area contributed by atoms with E-state index >= 15 is 0 Å². The normalized spacial score (nSPS) is 11.1. The molecule has 0 saturated carbocycles. The summed E-state index contributed by atoms with van der Waals surface area (Å²) in [6.45, 7) is 1.67. The van der Waals surface area contributed by atoms with E-state index in [1.807, 2.05) is 0 Å². The van der Waals surface area contributed by atoms with Gasteiger partial charge in [-0.1, -0.05) is 22.0 Å². The molecule has 0 fully saturated rings. The number of hydrogen-bond acceptors (Lipinski definition) is 4. The fourth-order valence-electron chi connectivity index (χ4n) is 1.65. The fraction of sp³-hybridized carbons (Fsp3) is 0.0769. The molecule has 2 aromatic carbocycles. The van der Waals surface area contributed by atoms with Crippen LogP contribution in [0.25, 0.3) is 0 Å². The lowest BCUT2D eigenvalue weighted by molar-refractivity contribution is -0.384. The van der Waals surface area contributed by atoms with Crippen molar-refractivity contribution < 1.29 is 13.3 Å². The Labute approximate surface area is 130 Å². The summed E-state index contributed by atoms with van der Waals surface area (Å²) < 4.78 is 27.6. The van der Waals surface area contributed by atoms with Crippen LogP contribution in [0, 0.1) is 17.0 Å². The number of hydrogen-bond donors (Lipinski definition) is 1. The lowest BCUT2D eigenvalue weighted by atomic mass is 10.2. The third kappa shape index (κ3) is 3.59. The van der Waals surface area contributed by atoms with Gasteiger partial charge < -0.3 is 0 Å². The molecule has 0 atom stereocenters. The third-order valence-electron chi connectivity index (χ3n) is 2.80. The molecule has 0 aliphatic carbocycles. The molecule has 1 N–H and O–H groups in total. The van der Waals surface area contributed by atoms with E-state index in [9.17, 15) is 18.5 Å². The van der Waals surface area contributed by atoms with Gasteiger partial charge in [0.25, 0.3) is 15.7 Å². The highest BCUT2D eigenvalue weighted by atomic mass is 79.9. The predicted octanol–water partition coefficient (Wildman–Crippen LogP) is 3.47. The van der Waals surface area contributed by atoms with Crippen molar-refractivity contribution in [1.29, 1.82) is 0 Å². The van der Waals surface area contributed by atoms with Crippen molar-refractivity contribution in [3.05, 3.63) is 62.6 Å². The van der Waals surface area contributed by atoms with Gasteiger partial charge in [-0.05, 0) is 36.8 Å². The van der Waals surface area contributed by atoms with E-state index in [4.69, 9.17) is 0 Å². The minimum atomic E-state index is -3.79. The first kappa shape index (κ1) is 15.5. The Morgan fingerprint density at radius 1 is 1.14 bits per heavy atom. The molecule has 2 aromatic rings. The Bertz CT molecular complexity index is 788. The van der Waals surface area contributed by atoms with Crippen LogP contribution in [0.5, 0.6) is 0 Å². The molecule has 0 radical (unpaired) electrons. The van der Waals surface area contributed by atoms with Gasteiger partial charge in [0.2, 0.25) is 0 Å². The molecule has 0 heterocycles. The fourth-order valence-corrected chi connectivity index (χ4v) is 3.04. The van der Waals surface area contributed by atoms with Crippen molar-refractivity contribution in [1.82, 2.24) is 0 Å². The van der Waals surface area contributed by atoms with Crippen LogP contribution in [0.15, 0.2) is 51.8 Å². The number of sulfonamides is 1. The highest BCUT2D eigenvalue weighted by molar-refractivity contribution is 9.10. The highest BCUT2D eigenvalue weighted by Crippen LogP contribution is 2.25. The number of aryl methyl sites for hydroxylation is 1. The number of halogens is 1. The number of nitrogens with zero attached hydrogens (tertiary/aromatic N) is 1. The topological polar surface area (TPSA) is 89.3 Å². The van der Waals surface area contributed by atoms with Crippen LogP contribution in [0.3, 0.4) is 0 Å². The zero-order valence-corrected chi connectivity index (χ0v) is 13.3. The van der Waals surface area contributed by atoms with E-state index in [1.54, 1.807) is 19.1 Å². The Hall–Kier alpha value is -1.93. The average molecular weight is 371 g/mol. The van der Waals surface area contributed by atoms with Crippen LogP contribution in [0.1, 0.15) is 5.56 Å². The van der Waals surface area contributed by atoms with Crippen molar-refractivity contribution in [3.63, 3.8) is 0 Å². The summed E-state index contributed by atoms with van der Waals surface area (Å²) in [5.41, 5.74) is 0.613. The molecule has 6 nitrogen and oxygen atoms in total. The first-order chi connectivity index (χ1) is 9.79. The second kappa shape index (κ2) is 5.82. The Morgan fingerprint density at radius 3 is 2.33 bits per heavy atom.